The number of nitrogen functional groups attached to an aromatic ring is 1. The number of aryl methyl sites for hydroxylation is 1. The smallest absolute Gasteiger partial charge is 0.252 e. The lowest BCUT2D eigenvalue weighted by molar-refractivity contribution is 0.742. The molecular formula is C11H15N5. The number of hydrogen-bond acceptors (Lipinski definition) is 4. The van der Waals surface area contributed by atoms with Gasteiger partial charge in [-0.3, -0.25) is 0 Å². The summed E-state index contributed by atoms with van der Waals surface area (Å²) < 4.78 is 1.67. The molecule has 0 spiro atoms. The molecule has 2 aromatic rings. The highest BCUT2D eigenvalue weighted by Gasteiger charge is 2.11. The highest BCUT2D eigenvalue weighted by atomic mass is 15.3. The summed E-state index contributed by atoms with van der Waals surface area (Å²) in [7, 11) is 0. The highest BCUT2D eigenvalue weighted by molar-refractivity contribution is 5.30. The van der Waals surface area contributed by atoms with Crippen molar-refractivity contribution in [2.45, 2.75) is 26.7 Å². The zero-order valence-corrected chi connectivity index (χ0v) is 9.68. The van der Waals surface area contributed by atoms with Crippen LogP contribution in [-0.4, -0.2) is 19.7 Å². The molecule has 0 saturated carbocycles. The van der Waals surface area contributed by atoms with Crippen LogP contribution in [0.1, 0.15) is 31.0 Å². The van der Waals surface area contributed by atoms with E-state index >= 15 is 0 Å². The van der Waals surface area contributed by atoms with Crippen LogP contribution in [-0.2, 0) is 0 Å². The Kier molecular flexibility index (Phi) is 2.60. The van der Waals surface area contributed by atoms with Gasteiger partial charge in [-0.05, 0) is 24.5 Å². The summed E-state index contributed by atoms with van der Waals surface area (Å²) >= 11 is 0. The molecule has 0 radical (unpaired) electrons. The van der Waals surface area contributed by atoms with Gasteiger partial charge in [0.25, 0.3) is 5.95 Å². The van der Waals surface area contributed by atoms with Gasteiger partial charge in [0.1, 0.15) is 5.82 Å². The first-order valence-corrected chi connectivity index (χ1v) is 5.23. The van der Waals surface area contributed by atoms with Gasteiger partial charge >= 0.3 is 0 Å². The van der Waals surface area contributed by atoms with Gasteiger partial charge in [0.2, 0.25) is 0 Å². The lowest BCUT2D eigenvalue weighted by Gasteiger charge is -2.01. The molecular weight excluding hydrogens is 202 g/mol. The Hall–Kier alpha value is -1.91. The molecule has 0 saturated heterocycles. The lowest BCUT2D eigenvalue weighted by atomic mass is 10.1. The van der Waals surface area contributed by atoms with Crippen LogP contribution in [0.4, 0.5) is 5.82 Å². The molecule has 0 amide bonds. The monoisotopic (exact) mass is 217 g/mol. The van der Waals surface area contributed by atoms with Gasteiger partial charge in [-0.25, -0.2) is 9.67 Å². The molecule has 0 bridgehead atoms. The third-order valence-electron chi connectivity index (χ3n) is 2.35. The van der Waals surface area contributed by atoms with Gasteiger partial charge < -0.3 is 5.73 Å². The topological polar surface area (TPSA) is 69.6 Å². The summed E-state index contributed by atoms with van der Waals surface area (Å²) in [5.41, 5.74) is 7.81. The highest BCUT2D eigenvalue weighted by Crippen LogP contribution is 2.17. The maximum Gasteiger partial charge on any atom is 0.252 e. The Morgan fingerprint density at radius 2 is 2.12 bits per heavy atom. The molecule has 5 heteroatoms. The van der Waals surface area contributed by atoms with E-state index in [2.05, 4.69) is 28.9 Å². The Morgan fingerprint density at radius 3 is 2.69 bits per heavy atom. The largest absolute Gasteiger partial charge is 0.384 e. The van der Waals surface area contributed by atoms with Gasteiger partial charge in [0, 0.05) is 12.4 Å². The minimum absolute atomic E-state index is 0.391. The van der Waals surface area contributed by atoms with E-state index in [0.717, 1.165) is 11.3 Å². The summed E-state index contributed by atoms with van der Waals surface area (Å²) in [5.74, 6) is 1.35. The molecule has 0 aromatic carbocycles. The molecule has 0 unspecified atom stereocenters. The Bertz CT molecular complexity index is 501. The van der Waals surface area contributed by atoms with Gasteiger partial charge in [-0.15, -0.1) is 0 Å². The Morgan fingerprint density at radius 1 is 1.38 bits per heavy atom. The second kappa shape index (κ2) is 3.92. The van der Waals surface area contributed by atoms with Crippen LogP contribution < -0.4 is 5.73 Å². The summed E-state index contributed by atoms with van der Waals surface area (Å²) in [4.78, 5) is 8.26. The standard InChI is InChI=1S/C11H15N5/c1-7(2)10-8(3)6-16(15-10)11-13-5-4-9(12)14-11/h4-7H,1-3H3,(H2,12,13,14). The van der Waals surface area contributed by atoms with Crippen LogP contribution in [0.15, 0.2) is 18.5 Å². The predicted octanol–water partition coefficient (Wildman–Crippen LogP) is 1.68. The zero-order chi connectivity index (χ0) is 11.7. The van der Waals surface area contributed by atoms with Crippen molar-refractivity contribution in [1.29, 1.82) is 0 Å². The van der Waals surface area contributed by atoms with Crippen molar-refractivity contribution >= 4 is 5.82 Å². The van der Waals surface area contributed by atoms with Crippen molar-refractivity contribution in [2.75, 3.05) is 5.73 Å². The molecule has 2 N–H and O–H groups in total. The van der Waals surface area contributed by atoms with Crippen LogP contribution in [0.3, 0.4) is 0 Å². The number of anilines is 1. The van der Waals surface area contributed by atoms with Gasteiger partial charge in [0.05, 0.1) is 5.69 Å². The van der Waals surface area contributed by atoms with Crippen molar-refractivity contribution in [3.8, 4) is 5.95 Å². The molecule has 84 valence electrons. The van der Waals surface area contributed by atoms with Crippen molar-refractivity contribution in [2.24, 2.45) is 0 Å². The number of rotatable bonds is 2. The van der Waals surface area contributed by atoms with E-state index in [1.54, 1.807) is 16.9 Å². The summed E-state index contributed by atoms with van der Waals surface area (Å²) in [6, 6.07) is 1.66. The van der Waals surface area contributed by atoms with Crippen LogP contribution >= 0.6 is 0 Å². The third kappa shape index (κ3) is 1.88. The molecule has 2 heterocycles. The van der Waals surface area contributed by atoms with Crippen molar-refractivity contribution in [3.05, 3.63) is 29.7 Å². The Balaban J connectivity index is 2.45. The van der Waals surface area contributed by atoms with Gasteiger partial charge in [-0.2, -0.15) is 10.1 Å². The summed E-state index contributed by atoms with van der Waals surface area (Å²) in [6.45, 7) is 6.25. The summed E-state index contributed by atoms with van der Waals surface area (Å²) in [6.07, 6.45) is 3.55. The predicted molar refractivity (Wildman–Crippen MR) is 62.4 cm³/mol. The molecule has 0 aliphatic heterocycles. The molecule has 0 aliphatic rings. The van der Waals surface area contributed by atoms with Gasteiger partial charge in [0.15, 0.2) is 0 Å². The lowest BCUT2D eigenvalue weighted by Crippen LogP contribution is -2.04. The third-order valence-corrected chi connectivity index (χ3v) is 2.35. The SMILES string of the molecule is Cc1cn(-c2nccc(N)n2)nc1C(C)C. The minimum atomic E-state index is 0.391. The molecule has 0 atom stereocenters. The van der Waals surface area contributed by atoms with E-state index in [4.69, 9.17) is 5.73 Å². The summed E-state index contributed by atoms with van der Waals surface area (Å²) in [5, 5.41) is 4.46. The van der Waals surface area contributed by atoms with E-state index in [0.29, 0.717) is 17.7 Å². The Labute approximate surface area is 94.3 Å². The molecule has 0 aliphatic carbocycles. The van der Waals surface area contributed by atoms with Crippen LogP contribution in [0.5, 0.6) is 0 Å². The maximum absolute atomic E-state index is 5.61. The van der Waals surface area contributed by atoms with E-state index in [-0.39, 0.29) is 0 Å². The molecule has 16 heavy (non-hydrogen) atoms. The van der Waals surface area contributed by atoms with Crippen molar-refractivity contribution in [3.63, 3.8) is 0 Å². The molecule has 5 nitrogen and oxygen atoms in total. The van der Waals surface area contributed by atoms with E-state index < -0.39 is 0 Å². The molecule has 2 aromatic heterocycles. The van der Waals surface area contributed by atoms with Crippen LogP contribution in [0.25, 0.3) is 5.95 Å². The second-order valence-corrected chi connectivity index (χ2v) is 4.08. The average Bonchev–Trinajstić information content (AvgIpc) is 2.60. The number of nitrogens with zero attached hydrogens (tertiary/aromatic N) is 4. The zero-order valence-electron chi connectivity index (χ0n) is 9.68. The first-order chi connectivity index (χ1) is 7.58. The van der Waals surface area contributed by atoms with Gasteiger partial charge in [-0.1, -0.05) is 13.8 Å². The number of aromatic nitrogens is 4. The van der Waals surface area contributed by atoms with E-state index in [1.807, 2.05) is 13.1 Å². The maximum atomic E-state index is 5.61. The molecule has 0 fully saturated rings. The second-order valence-electron chi connectivity index (χ2n) is 4.08. The molecule has 2 rings (SSSR count). The van der Waals surface area contributed by atoms with Crippen molar-refractivity contribution < 1.29 is 0 Å². The van der Waals surface area contributed by atoms with Crippen molar-refractivity contribution in [1.82, 2.24) is 19.7 Å². The fourth-order valence-corrected chi connectivity index (χ4v) is 1.62. The number of hydrogen-bond donors (Lipinski definition) is 1. The first kappa shape index (κ1) is 10.6. The quantitative estimate of drug-likeness (QED) is 0.830. The van der Waals surface area contributed by atoms with Crippen LogP contribution in [0, 0.1) is 6.92 Å². The van der Waals surface area contributed by atoms with E-state index in [1.165, 1.54) is 0 Å². The van der Waals surface area contributed by atoms with Crippen LogP contribution in [0.2, 0.25) is 0 Å². The number of nitrogens with two attached hydrogens (primary N) is 1. The average molecular weight is 217 g/mol. The fourth-order valence-electron chi connectivity index (χ4n) is 1.62. The van der Waals surface area contributed by atoms with E-state index in [9.17, 15) is 0 Å². The normalized spacial score (nSPS) is 11.0. The fraction of sp³-hybridized carbons (Fsp3) is 0.364. The first-order valence-electron chi connectivity index (χ1n) is 5.23. The minimum Gasteiger partial charge on any atom is -0.384 e.